The van der Waals surface area contributed by atoms with Crippen molar-refractivity contribution in [2.75, 3.05) is 7.11 Å². The van der Waals surface area contributed by atoms with Crippen LogP contribution >= 0.6 is 0 Å². The molecular weight excluding hydrogens is 370 g/mol. The maximum absolute atomic E-state index is 12.5. The Hall–Kier alpha value is -3.61. The molecule has 0 spiro atoms. The zero-order valence-electron chi connectivity index (χ0n) is 16.2. The zero-order chi connectivity index (χ0) is 20.4. The lowest BCUT2D eigenvalue weighted by Gasteiger charge is -2.12. The predicted octanol–water partition coefficient (Wildman–Crippen LogP) is 3.42. The number of ether oxygens (including phenoxy) is 1. The van der Waals surface area contributed by atoms with Crippen LogP contribution < -0.4 is 15.6 Å². The van der Waals surface area contributed by atoms with Gasteiger partial charge in [0, 0.05) is 18.4 Å². The van der Waals surface area contributed by atoms with Crippen LogP contribution in [0, 0.1) is 0 Å². The van der Waals surface area contributed by atoms with E-state index in [9.17, 15) is 9.59 Å². The number of nitrogens with one attached hydrogen (secondary N) is 1. The summed E-state index contributed by atoms with van der Waals surface area (Å²) in [5, 5.41) is 4.37. The maximum atomic E-state index is 12.5. The van der Waals surface area contributed by atoms with E-state index in [-0.39, 0.29) is 30.5 Å². The smallest absolute Gasteiger partial charge is 0.261 e. The number of furan rings is 1. The molecule has 0 aliphatic rings. The van der Waals surface area contributed by atoms with Crippen LogP contribution in [0.1, 0.15) is 25.1 Å². The van der Waals surface area contributed by atoms with Crippen LogP contribution in [-0.2, 0) is 11.3 Å². The van der Waals surface area contributed by atoms with Crippen molar-refractivity contribution in [1.29, 1.82) is 0 Å². The average Bonchev–Trinajstić information content (AvgIpc) is 3.18. The second kappa shape index (κ2) is 7.79. The lowest BCUT2D eigenvalue weighted by Crippen LogP contribution is -2.29. The van der Waals surface area contributed by atoms with Crippen LogP contribution in [0.15, 0.2) is 64.1 Å². The maximum Gasteiger partial charge on any atom is 0.261 e. The summed E-state index contributed by atoms with van der Waals surface area (Å²) >= 11 is 0. The molecule has 0 radical (unpaired) electrons. The molecule has 7 heteroatoms. The fraction of sp³-hybridized carbons (Fsp3) is 0.227. The molecule has 7 nitrogen and oxygen atoms in total. The van der Waals surface area contributed by atoms with E-state index in [0.717, 1.165) is 5.39 Å². The molecule has 0 saturated carbocycles. The second-order valence-electron chi connectivity index (χ2n) is 6.83. The second-order valence-corrected chi connectivity index (χ2v) is 6.83. The minimum absolute atomic E-state index is 0.152. The highest BCUT2D eigenvalue weighted by Crippen LogP contribution is 2.30. The molecule has 1 N–H and O–H groups in total. The Kier molecular flexibility index (Phi) is 5.03. The number of para-hydroxylation sites is 2. The molecule has 148 valence electrons. The minimum atomic E-state index is -0.314. The third-order valence-electron chi connectivity index (χ3n) is 4.86. The molecule has 0 aliphatic heterocycles. The summed E-state index contributed by atoms with van der Waals surface area (Å²) in [4.78, 5) is 29.2. The van der Waals surface area contributed by atoms with Gasteiger partial charge in [-0.2, -0.15) is 0 Å². The van der Waals surface area contributed by atoms with Gasteiger partial charge in [0.1, 0.15) is 5.76 Å². The summed E-state index contributed by atoms with van der Waals surface area (Å²) in [6.07, 6.45) is 1.64. The van der Waals surface area contributed by atoms with Gasteiger partial charge in [0.15, 0.2) is 11.3 Å². The largest absolute Gasteiger partial charge is 0.493 e. The van der Waals surface area contributed by atoms with E-state index >= 15 is 0 Å². The number of aromatic nitrogens is 2. The molecule has 29 heavy (non-hydrogen) atoms. The quantitative estimate of drug-likeness (QED) is 0.544. The first kappa shape index (κ1) is 18.7. The third-order valence-corrected chi connectivity index (χ3v) is 4.86. The van der Waals surface area contributed by atoms with Crippen LogP contribution in [0.5, 0.6) is 5.75 Å². The average molecular weight is 391 g/mol. The SMILES string of the molecule is COc1cccc2cc(C(C)NC(=O)CCn3cnc4ccccc4c3=O)oc12. The van der Waals surface area contributed by atoms with Gasteiger partial charge in [0.05, 0.1) is 30.4 Å². The molecule has 1 unspecified atom stereocenters. The van der Waals surface area contributed by atoms with Gasteiger partial charge >= 0.3 is 0 Å². The van der Waals surface area contributed by atoms with Gasteiger partial charge in [-0.3, -0.25) is 14.2 Å². The Bertz CT molecular complexity index is 1240. The fourth-order valence-corrected chi connectivity index (χ4v) is 3.30. The van der Waals surface area contributed by atoms with E-state index in [1.54, 1.807) is 25.3 Å². The van der Waals surface area contributed by atoms with Gasteiger partial charge in [-0.1, -0.05) is 24.3 Å². The monoisotopic (exact) mass is 391 g/mol. The lowest BCUT2D eigenvalue weighted by molar-refractivity contribution is -0.122. The number of benzene rings is 2. The van der Waals surface area contributed by atoms with Crippen LogP contribution in [0.3, 0.4) is 0 Å². The van der Waals surface area contributed by atoms with Crippen molar-refractivity contribution in [3.8, 4) is 5.75 Å². The van der Waals surface area contributed by atoms with E-state index in [1.165, 1.54) is 10.9 Å². The number of nitrogens with zero attached hydrogens (tertiary/aromatic N) is 2. The number of methoxy groups -OCH3 is 1. The van der Waals surface area contributed by atoms with E-state index in [2.05, 4.69) is 10.3 Å². The van der Waals surface area contributed by atoms with Gasteiger partial charge in [0.2, 0.25) is 5.91 Å². The number of carbonyl (C=O) groups is 1. The van der Waals surface area contributed by atoms with E-state index in [0.29, 0.717) is 28.0 Å². The number of amides is 1. The van der Waals surface area contributed by atoms with Crippen molar-refractivity contribution in [3.05, 3.63) is 71.0 Å². The highest BCUT2D eigenvalue weighted by molar-refractivity contribution is 5.84. The Morgan fingerprint density at radius 3 is 2.90 bits per heavy atom. The van der Waals surface area contributed by atoms with Gasteiger partial charge in [-0.15, -0.1) is 0 Å². The molecule has 2 aromatic heterocycles. The highest BCUT2D eigenvalue weighted by Gasteiger charge is 2.16. The van der Waals surface area contributed by atoms with Crippen LogP contribution in [0.25, 0.3) is 21.9 Å². The highest BCUT2D eigenvalue weighted by atomic mass is 16.5. The van der Waals surface area contributed by atoms with E-state index in [4.69, 9.17) is 9.15 Å². The summed E-state index contributed by atoms with van der Waals surface area (Å²) in [6, 6.07) is 14.4. The first-order valence-corrected chi connectivity index (χ1v) is 9.37. The Morgan fingerprint density at radius 1 is 1.24 bits per heavy atom. The molecule has 1 amide bonds. The lowest BCUT2D eigenvalue weighted by atomic mass is 10.2. The molecule has 2 aromatic carbocycles. The Balaban J connectivity index is 1.43. The van der Waals surface area contributed by atoms with Gasteiger partial charge in [0.25, 0.3) is 5.56 Å². The molecule has 4 rings (SSSR count). The Labute approximate surface area is 166 Å². The summed E-state index contributed by atoms with van der Waals surface area (Å²) < 4.78 is 12.6. The minimum Gasteiger partial charge on any atom is -0.493 e. The van der Waals surface area contributed by atoms with Crippen LogP contribution in [0.4, 0.5) is 0 Å². The summed E-state index contributed by atoms with van der Waals surface area (Å²) in [5.74, 6) is 1.11. The Morgan fingerprint density at radius 2 is 2.07 bits per heavy atom. The normalized spacial score (nSPS) is 12.2. The number of hydrogen-bond acceptors (Lipinski definition) is 5. The number of carbonyl (C=O) groups excluding carboxylic acids is 1. The van der Waals surface area contributed by atoms with Crippen molar-refractivity contribution >= 4 is 27.8 Å². The first-order chi connectivity index (χ1) is 14.1. The zero-order valence-corrected chi connectivity index (χ0v) is 16.2. The van der Waals surface area contributed by atoms with Crippen molar-refractivity contribution in [2.24, 2.45) is 0 Å². The summed E-state index contributed by atoms with van der Waals surface area (Å²) in [6.45, 7) is 2.11. The topological polar surface area (TPSA) is 86.4 Å². The van der Waals surface area contributed by atoms with Crippen LogP contribution in [0.2, 0.25) is 0 Å². The van der Waals surface area contributed by atoms with Crippen molar-refractivity contribution in [3.63, 3.8) is 0 Å². The van der Waals surface area contributed by atoms with E-state index < -0.39 is 0 Å². The molecule has 1 atom stereocenters. The standard InChI is InChI=1S/C22H21N3O4/c1-14(19-12-15-6-5-9-18(28-2)21(15)29-19)24-20(26)10-11-25-13-23-17-8-4-3-7-16(17)22(25)27/h3-9,12-14H,10-11H2,1-2H3,(H,24,26). The molecule has 0 saturated heterocycles. The van der Waals surface area contributed by atoms with Crippen molar-refractivity contribution < 1.29 is 13.9 Å². The number of fused-ring (bicyclic) bond motifs is 2. The van der Waals surface area contributed by atoms with Crippen molar-refractivity contribution in [2.45, 2.75) is 25.9 Å². The third kappa shape index (κ3) is 3.71. The molecule has 4 aromatic rings. The summed E-state index contributed by atoms with van der Waals surface area (Å²) in [5.41, 5.74) is 1.15. The molecule has 0 aliphatic carbocycles. The van der Waals surface area contributed by atoms with Gasteiger partial charge in [-0.05, 0) is 31.2 Å². The molecule has 2 heterocycles. The molecule has 0 bridgehead atoms. The molecule has 0 fully saturated rings. The fourth-order valence-electron chi connectivity index (χ4n) is 3.30. The number of aryl methyl sites for hydroxylation is 1. The molecular formula is C22H21N3O4. The van der Waals surface area contributed by atoms with Gasteiger partial charge in [-0.25, -0.2) is 4.98 Å². The van der Waals surface area contributed by atoms with Crippen molar-refractivity contribution in [1.82, 2.24) is 14.9 Å². The van der Waals surface area contributed by atoms with E-state index in [1.807, 2.05) is 37.3 Å². The van der Waals surface area contributed by atoms with Crippen LogP contribution in [-0.4, -0.2) is 22.6 Å². The number of hydrogen-bond donors (Lipinski definition) is 1. The first-order valence-electron chi connectivity index (χ1n) is 9.37. The number of rotatable bonds is 6. The summed E-state index contributed by atoms with van der Waals surface area (Å²) in [7, 11) is 1.59. The van der Waals surface area contributed by atoms with Gasteiger partial charge < -0.3 is 14.5 Å². The predicted molar refractivity (Wildman–Crippen MR) is 110 cm³/mol.